The third kappa shape index (κ3) is 3.79. The summed E-state index contributed by atoms with van der Waals surface area (Å²) in [6.45, 7) is -2.10. The quantitative estimate of drug-likeness (QED) is 0.318. The van der Waals surface area contributed by atoms with Crippen LogP contribution in [-0.2, 0) is 0 Å². The first-order chi connectivity index (χ1) is 9.99. The summed E-state index contributed by atoms with van der Waals surface area (Å²) in [5, 5.41) is 47.7. The number of amides is 1. The third-order valence-corrected chi connectivity index (χ3v) is 2.93. The molecule has 0 atom stereocenters. The van der Waals surface area contributed by atoms with Gasteiger partial charge in [0.1, 0.15) is 11.4 Å². The molecule has 0 saturated carbocycles. The average molecular weight is 302 g/mol. The van der Waals surface area contributed by atoms with Crippen molar-refractivity contribution in [3.63, 3.8) is 0 Å². The highest BCUT2D eigenvalue weighted by atomic mass is 16.4. The molecule has 1 aromatic heterocycles. The predicted octanol–water partition coefficient (Wildman–Crippen LogP) is -2.20. The Labute approximate surface area is 120 Å². The van der Waals surface area contributed by atoms with Gasteiger partial charge in [0.2, 0.25) is 0 Å². The zero-order chi connectivity index (χ0) is 16.0. The molecule has 0 unspecified atom stereocenters. The van der Waals surface area contributed by atoms with E-state index in [-0.39, 0.29) is 11.4 Å². The Bertz CT molecular complexity index is 492. The van der Waals surface area contributed by atoms with Gasteiger partial charge in [-0.05, 0) is 12.1 Å². The van der Waals surface area contributed by atoms with Gasteiger partial charge in [-0.25, -0.2) is 4.79 Å². The van der Waals surface area contributed by atoms with Gasteiger partial charge in [0.05, 0.1) is 38.5 Å². The van der Waals surface area contributed by atoms with Crippen LogP contribution in [0.4, 0.5) is 0 Å². The fourth-order valence-corrected chi connectivity index (χ4v) is 1.83. The molecule has 0 fully saturated rings. The molecule has 1 aromatic rings. The van der Waals surface area contributed by atoms with E-state index in [0.717, 1.165) is 4.57 Å². The molecule has 0 spiro atoms. The molecule has 0 aliphatic carbocycles. The molecule has 0 aliphatic rings. The van der Waals surface area contributed by atoms with Crippen molar-refractivity contribution in [1.82, 2.24) is 9.88 Å². The van der Waals surface area contributed by atoms with E-state index in [1.54, 1.807) is 0 Å². The van der Waals surface area contributed by atoms with Crippen LogP contribution in [0, 0.1) is 0 Å². The lowest BCUT2D eigenvalue weighted by Crippen LogP contribution is -2.41. The van der Waals surface area contributed by atoms with Gasteiger partial charge in [-0.1, -0.05) is 0 Å². The van der Waals surface area contributed by atoms with E-state index in [2.05, 4.69) is 5.32 Å². The summed E-state index contributed by atoms with van der Waals surface area (Å²) in [4.78, 5) is 23.2. The summed E-state index contributed by atoms with van der Waals surface area (Å²) < 4.78 is 1.00. The van der Waals surface area contributed by atoms with E-state index in [1.165, 1.54) is 12.1 Å². The van der Waals surface area contributed by atoms with Gasteiger partial charge >= 0.3 is 5.97 Å². The first-order valence-corrected chi connectivity index (χ1v) is 6.18. The first-order valence-electron chi connectivity index (χ1n) is 6.18. The predicted molar refractivity (Wildman–Crippen MR) is 70.0 cm³/mol. The Morgan fingerprint density at radius 1 is 1.00 bits per heavy atom. The van der Waals surface area contributed by atoms with Crippen molar-refractivity contribution in [3.05, 3.63) is 23.5 Å². The van der Waals surface area contributed by atoms with Crippen molar-refractivity contribution < 1.29 is 35.1 Å². The summed E-state index contributed by atoms with van der Waals surface area (Å²) in [5.74, 6) is -2.05. The summed E-state index contributed by atoms with van der Waals surface area (Å²) in [7, 11) is 0. The van der Waals surface area contributed by atoms with Crippen LogP contribution in [0.15, 0.2) is 12.1 Å². The number of aliphatic hydroxyl groups excluding tert-OH is 4. The van der Waals surface area contributed by atoms with E-state index in [9.17, 15) is 19.8 Å². The maximum absolute atomic E-state index is 12.1. The molecule has 118 valence electrons. The van der Waals surface area contributed by atoms with Crippen molar-refractivity contribution in [3.8, 4) is 0 Å². The normalized spacial score (nSPS) is 11.1. The highest BCUT2D eigenvalue weighted by Gasteiger charge is 2.25. The minimum Gasteiger partial charge on any atom is -0.477 e. The zero-order valence-electron chi connectivity index (χ0n) is 11.1. The zero-order valence-corrected chi connectivity index (χ0v) is 11.1. The molecule has 1 rings (SSSR count). The Morgan fingerprint density at radius 2 is 1.52 bits per heavy atom. The van der Waals surface area contributed by atoms with E-state index >= 15 is 0 Å². The Morgan fingerprint density at radius 3 is 1.95 bits per heavy atom. The molecule has 21 heavy (non-hydrogen) atoms. The van der Waals surface area contributed by atoms with Gasteiger partial charge in [0.25, 0.3) is 5.91 Å². The van der Waals surface area contributed by atoms with Crippen LogP contribution in [0.1, 0.15) is 27.0 Å². The Balaban J connectivity index is 3.17. The van der Waals surface area contributed by atoms with Crippen molar-refractivity contribution in [2.24, 2.45) is 0 Å². The number of carboxylic acids is 1. The van der Waals surface area contributed by atoms with Crippen LogP contribution in [0.3, 0.4) is 0 Å². The summed E-state index contributed by atoms with van der Waals surface area (Å²) >= 11 is 0. The molecular formula is C12H18N2O7. The highest BCUT2D eigenvalue weighted by molar-refractivity contribution is 5.96. The monoisotopic (exact) mass is 302 g/mol. The number of aromatic nitrogens is 1. The number of hydrogen-bond acceptors (Lipinski definition) is 6. The molecular weight excluding hydrogens is 284 g/mol. The summed E-state index contributed by atoms with van der Waals surface area (Å²) in [5.41, 5.74) is -0.370. The molecule has 0 aliphatic heterocycles. The standard InChI is InChI=1S/C12H18N2O7/c15-3-7(4-16)13-11(19)9-1-2-10(12(20)21)14(9)8(5-17)6-18/h1-2,7-8,15-18H,3-6H2,(H,13,19)(H,20,21). The molecule has 0 bridgehead atoms. The van der Waals surface area contributed by atoms with E-state index < -0.39 is 50.4 Å². The molecule has 9 nitrogen and oxygen atoms in total. The number of nitrogens with zero attached hydrogens (tertiary/aromatic N) is 1. The smallest absolute Gasteiger partial charge is 0.352 e. The maximum atomic E-state index is 12.1. The lowest BCUT2D eigenvalue weighted by molar-refractivity contribution is 0.0672. The van der Waals surface area contributed by atoms with Gasteiger partial charge in [0.15, 0.2) is 0 Å². The van der Waals surface area contributed by atoms with E-state index in [1.807, 2.05) is 0 Å². The Kier molecular flexibility index (Phi) is 6.31. The van der Waals surface area contributed by atoms with Crippen molar-refractivity contribution in [2.75, 3.05) is 26.4 Å². The molecule has 1 heterocycles. The van der Waals surface area contributed by atoms with Crippen LogP contribution in [0.25, 0.3) is 0 Å². The number of carbonyl (C=O) groups is 2. The minimum atomic E-state index is -1.32. The topological polar surface area (TPSA) is 152 Å². The minimum absolute atomic E-state index is 0.104. The molecule has 9 heteroatoms. The SMILES string of the molecule is O=C(O)c1ccc(C(=O)NC(CO)CO)n1C(CO)CO. The number of aliphatic hydroxyl groups is 4. The van der Waals surface area contributed by atoms with Gasteiger partial charge < -0.3 is 35.4 Å². The second-order valence-corrected chi connectivity index (χ2v) is 4.33. The second kappa shape index (κ2) is 7.74. The molecule has 0 radical (unpaired) electrons. The van der Waals surface area contributed by atoms with Crippen LogP contribution in [0.2, 0.25) is 0 Å². The number of aromatic carboxylic acids is 1. The number of carbonyl (C=O) groups excluding carboxylic acids is 1. The highest BCUT2D eigenvalue weighted by Crippen LogP contribution is 2.17. The lowest BCUT2D eigenvalue weighted by Gasteiger charge is -2.20. The molecule has 1 amide bonds. The van der Waals surface area contributed by atoms with Crippen LogP contribution < -0.4 is 5.32 Å². The van der Waals surface area contributed by atoms with Crippen LogP contribution in [0.5, 0.6) is 0 Å². The third-order valence-electron chi connectivity index (χ3n) is 2.93. The van der Waals surface area contributed by atoms with Crippen LogP contribution in [-0.4, -0.2) is 74.4 Å². The van der Waals surface area contributed by atoms with Gasteiger partial charge in [-0.3, -0.25) is 4.79 Å². The van der Waals surface area contributed by atoms with Gasteiger partial charge in [-0.2, -0.15) is 0 Å². The number of nitrogens with one attached hydrogen (secondary N) is 1. The van der Waals surface area contributed by atoms with Crippen molar-refractivity contribution in [2.45, 2.75) is 12.1 Å². The Hall–Kier alpha value is -1.94. The fourth-order valence-electron chi connectivity index (χ4n) is 1.83. The van der Waals surface area contributed by atoms with Crippen molar-refractivity contribution >= 4 is 11.9 Å². The molecule has 0 aromatic carbocycles. The molecule has 6 N–H and O–H groups in total. The number of rotatable bonds is 8. The first kappa shape index (κ1) is 17.1. The van der Waals surface area contributed by atoms with Gasteiger partial charge in [-0.15, -0.1) is 0 Å². The fraction of sp³-hybridized carbons (Fsp3) is 0.500. The number of hydrogen-bond donors (Lipinski definition) is 6. The molecule has 0 saturated heterocycles. The van der Waals surface area contributed by atoms with Crippen molar-refractivity contribution in [1.29, 1.82) is 0 Å². The summed E-state index contributed by atoms with van der Waals surface area (Å²) in [6.07, 6.45) is 0. The number of carboxylic acid groups (broad SMARTS) is 1. The lowest BCUT2D eigenvalue weighted by atomic mass is 10.2. The average Bonchev–Trinajstić information content (AvgIpc) is 2.91. The maximum Gasteiger partial charge on any atom is 0.352 e. The van der Waals surface area contributed by atoms with Gasteiger partial charge in [0, 0.05) is 0 Å². The second-order valence-electron chi connectivity index (χ2n) is 4.33. The largest absolute Gasteiger partial charge is 0.477 e. The van der Waals surface area contributed by atoms with Crippen LogP contribution >= 0.6 is 0 Å². The van der Waals surface area contributed by atoms with E-state index in [4.69, 9.17) is 15.3 Å². The van der Waals surface area contributed by atoms with E-state index in [0.29, 0.717) is 0 Å². The summed E-state index contributed by atoms with van der Waals surface area (Å²) in [6, 6.07) is 0.509.